The lowest BCUT2D eigenvalue weighted by atomic mass is 10.0. The van der Waals surface area contributed by atoms with Crippen molar-refractivity contribution in [3.05, 3.63) is 59.7 Å². The lowest BCUT2D eigenvalue weighted by Gasteiger charge is -2.03. The third-order valence-corrected chi connectivity index (χ3v) is 2.57. The minimum atomic E-state index is 0.605. The highest BCUT2D eigenvalue weighted by Crippen LogP contribution is 2.19. The monoisotopic (exact) mass is 197 g/mol. The molecule has 0 aliphatic heterocycles. The molecule has 0 aliphatic rings. The minimum absolute atomic E-state index is 0.605. The lowest BCUT2D eigenvalue weighted by molar-refractivity contribution is 1.07. The molecule has 0 fully saturated rings. The van der Waals surface area contributed by atoms with E-state index in [1.807, 2.05) is 0 Å². The van der Waals surface area contributed by atoms with E-state index in [1.54, 1.807) is 0 Å². The van der Waals surface area contributed by atoms with E-state index in [9.17, 15) is 0 Å². The van der Waals surface area contributed by atoms with E-state index in [0.29, 0.717) is 6.54 Å². The highest BCUT2D eigenvalue weighted by atomic mass is 14.5. The Labute approximate surface area is 90.6 Å². The van der Waals surface area contributed by atoms with Crippen molar-refractivity contribution in [2.75, 3.05) is 0 Å². The van der Waals surface area contributed by atoms with Crippen molar-refractivity contribution in [2.24, 2.45) is 5.73 Å². The number of hydrogen-bond acceptors (Lipinski definition) is 1. The Hall–Kier alpha value is -1.60. The van der Waals surface area contributed by atoms with Gasteiger partial charge in [-0.1, -0.05) is 54.1 Å². The highest BCUT2D eigenvalue weighted by Gasteiger charge is 1.96. The van der Waals surface area contributed by atoms with Crippen LogP contribution < -0.4 is 5.73 Å². The largest absolute Gasteiger partial charge is 0.326 e. The van der Waals surface area contributed by atoms with E-state index in [0.717, 1.165) is 0 Å². The van der Waals surface area contributed by atoms with Gasteiger partial charge in [0.05, 0.1) is 0 Å². The first-order valence-electron chi connectivity index (χ1n) is 5.15. The van der Waals surface area contributed by atoms with E-state index in [-0.39, 0.29) is 0 Å². The Morgan fingerprint density at radius 1 is 0.800 bits per heavy atom. The Morgan fingerprint density at radius 3 is 1.73 bits per heavy atom. The third kappa shape index (κ3) is 2.25. The van der Waals surface area contributed by atoms with Gasteiger partial charge in [-0.25, -0.2) is 0 Å². The standard InChI is InChI=1S/C14H15N/c1-11-2-6-13(7-3-11)14-8-4-12(10-15)5-9-14/h2-9H,10,15H2,1H3. The molecule has 1 nitrogen and oxygen atoms in total. The maximum absolute atomic E-state index is 5.56. The predicted octanol–water partition coefficient (Wildman–Crippen LogP) is 3.12. The Bertz CT molecular complexity index is 426. The van der Waals surface area contributed by atoms with Crippen LogP contribution in [0.25, 0.3) is 11.1 Å². The van der Waals surface area contributed by atoms with Crippen LogP contribution in [0.15, 0.2) is 48.5 Å². The second-order valence-corrected chi connectivity index (χ2v) is 3.77. The van der Waals surface area contributed by atoms with Gasteiger partial charge in [-0.05, 0) is 23.6 Å². The van der Waals surface area contributed by atoms with Gasteiger partial charge < -0.3 is 5.73 Å². The molecule has 76 valence electrons. The van der Waals surface area contributed by atoms with Crippen molar-refractivity contribution >= 4 is 0 Å². The van der Waals surface area contributed by atoms with Gasteiger partial charge in [0.25, 0.3) is 0 Å². The smallest absolute Gasteiger partial charge is 0.0178 e. The van der Waals surface area contributed by atoms with Crippen molar-refractivity contribution in [3.8, 4) is 11.1 Å². The van der Waals surface area contributed by atoms with Gasteiger partial charge in [0.2, 0.25) is 0 Å². The Morgan fingerprint density at radius 2 is 1.27 bits per heavy atom. The molecule has 1 heteroatoms. The maximum atomic E-state index is 5.56. The summed E-state index contributed by atoms with van der Waals surface area (Å²) in [6.45, 7) is 2.70. The van der Waals surface area contributed by atoms with Gasteiger partial charge in [0.15, 0.2) is 0 Å². The Kier molecular flexibility index (Phi) is 2.84. The molecule has 0 saturated heterocycles. The van der Waals surface area contributed by atoms with E-state index >= 15 is 0 Å². The van der Waals surface area contributed by atoms with Crippen LogP contribution >= 0.6 is 0 Å². The van der Waals surface area contributed by atoms with Crippen molar-refractivity contribution in [1.82, 2.24) is 0 Å². The highest BCUT2D eigenvalue weighted by molar-refractivity contribution is 5.63. The number of benzene rings is 2. The number of aryl methyl sites for hydroxylation is 1. The molecule has 0 heterocycles. The lowest BCUT2D eigenvalue weighted by Crippen LogP contribution is -1.95. The van der Waals surface area contributed by atoms with Gasteiger partial charge in [-0.3, -0.25) is 0 Å². The number of nitrogens with two attached hydrogens (primary N) is 1. The first-order chi connectivity index (χ1) is 7.29. The fraction of sp³-hybridized carbons (Fsp3) is 0.143. The molecular formula is C14H15N. The van der Waals surface area contributed by atoms with Crippen LogP contribution in [-0.4, -0.2) is 0 Å². The van der Waals surface area contributed by atoms with Gasteiger partial charge in [0, 0.05) is 6.54 Å². The zero-order valence-corrected chi connectivity index (χ0v) is 8.90. The third-order valence-electron chi connectivity index (χ3n) is 2.57. The molecule has 2 rings (SSSR count). The molecule has 0 atom stereocenters. The van der Waals surface area contributed by atoms with Crippen LogP contribution in [0.5, 0.6) is 0 Å². The van der Waals surface area contributed by atoms with Gasteiger partial charge in [0.1, 0.15) is 0 Å². The van der Waals surface area contributed by atoms with E-state index in [2.05, 4.69) is 55.5 Å². The van der Waals surface area contributed by atoms with Crippen LogP contribution in [0.4, 0.5) is 0 Å². The summed E-state index contributed by atoms with van der Waals surface area (Å²) in [6, 6.07) is 16.9. The normalized spacial score (nSPS) is 10.3. The average Bonchev–Trinajstić information content (AvgIpc) is 2.30. The molecule has 0 bridgehead atoms. The predicted molar refractivity (Wildman–Crippen MR) is 64.5 cm³/mol. The number of rotatable bonds is 2. The summed E-state index contributed by atoms with van der Waals surface area (Å²) in [6.07, 6.45) is 0. The minimum Gasteiger partial charge on any atom is -0.326 e. The van der Waals surface area contributed by atoms with Crippen LogP contribution in [0.1, 0.15) is 11.1 Å². The molecule has 0 aliphatic carbocycles. The van der Waals surface area contributed by atoms with E-state index in [4.69, 9.17) is 5.73 Å². The second kappa shape index (κ2) is 4.28. The number of hydrogen-bond donors (Lipinski definition) is 1. The molecule has 0 radical (unpaired) electrons. The summed E-state index contributed by atoms with van der Waals surface area (Å²) in [4.78, 5) is 0. The molecule has 0 aromatic heterocycles. The summed E-state index contributed by atoms with van der Waals surface area (Å²) in [5, 5.41) is 0. The maximum Gasteiger partial charge on any atom is 0.0178 e. The fourth-order valence-corrected chi connectivity index (χ4v) is 1.58. The zero-order valence-electron chi connectivity index (χ0n) is 8.90. The van der Waals surface area contributed by atoms with Crippen LogP contribution in [0.2, 0.25) is 0 Å². The van der Waals surface area contributed by atoms with E-state index < -0.39 is 0 Å². The Balaban J connectivity index is 2.33. The van der Waals surface area contributed by atoms with Gasteiger partial charge in [-0.15, -0.1) is 0 Å². The van der Waals surface area contributed by atoms with E-state index in [1.165, 1.54) is 22.3 Å². The molecule has 2 aromatic carbocycles. The fourth-order valence-electron chi connectivity index (χ4n) is 1.58. The molecule has 0 saturated carbocycles. The van der Waals surface area contributed by atoms with Crippen LogP contribution in [0.3, 0.4) is 0 Å². The van der Waals surface area contributed by atoms with Crippen molar-refractivity contribution in [1.29, 1.82) is 0 Å². The van der Waals surface area contributed by atoms with Crippen LogP contribution in [-0.2, 0) is 6.54 Å². The molecule has 15 heavy (non-hydrogen) atoms. The SMILES string of the molecule is Cc1ccc(-c2ccc(CN)cc2)cc1. The summed E-state index contributed by atoms with van der Waals surface area (Å²) in [7, 11) is 0. The van der Waals surface area contributed by atoms with Crippen molar-refractivity contribution in [3.63, 3.8) is 0 Å². The summed E-state index contributed by atoms with van der Waals surface area (Å²) in [5.41, 5.74) is 10.5. The summed E-state index contributed by atoms with van der Waals surface area (Å²) in [5.74, 6) is 0. The second-order valence-electron chi connectivity index (χ2n) is 3.77. The average molecular weight is 197 g/mol. The molecule has 2 N–H and O–H groups in total. The molecule has 2 aromatic rings. The zero-order chi connectivity index (χ0) is 10.7. The molecule has 0 unspecified atom stereocenters. The van der Waals surface area contributed by atoms with Gasteiger partial charge in [-0.2, -0.15) is 0 Å². The topological polar surface area (TPSA) is 26.0 Å². The van der Waals surface area contributed by atoms with Crippen molar-refractivity contribution in [2.45, 2.75) is 13.5 Å². The quantitative estimate of drug-likeness (QED) is 0.786. The summed E-state index contributed by atoms with van der Waals surface area (Å²) >= 11 is 0. The summed E-state index contributed by atoms with van der Waals surface area (Å²) < 4.78 is 0. The molecular weight excluding hydrogens is 182 g/mol. The van der Waals surface area contributed by atoms with Crippen LogP contribution in [0, 0.1) is 6.92 Å². The first-order valence-corrected chi connectivity index (χ1v) is 5.15. The molecule has 0 spiro atoms. The van der Waals surface area contributed by atoms with Gasteiger partial charge >= 0.3 is 0 Å². The molecule has 0 amide bonds. The van der Waals surface area contributed by atoms with Crippen molar-refractivity contribution < 1.29 is 0 Å². The first kappa shape index (κ1) is 9.94.